The fourth-order valence-electron chi connectivity index (χ4n) is 4.88. The van der Waals surface area contributed by atoms with Crippen molar-refractivity contribution >= 4 is 11.7 Å². The zero-order valence-electron chi connectivity index (χ0n) is 17.5. The molecule has 0 saturated carbocycles. The van der Waals surface area contributed by atoms with Gasteiger partial charge in [0.25, 0.3) is 0 Å². The molecule has 0 aliphatic carbocycles. The molecule has 1 aromatic carbocycles. The van der Waals surface area contributed by atoms with Gasteiger partial charge < -0.3 is 19.7 Å². The molecule has 0 bridgehead atoms. The summed E-state index contributed by atoms with van der Waals surface area (Å²) in [6.07, 6.45) is 5.04. The van der Waals surface area contributed by atoms with Gasteiger partial charge in [0.05, 0.1) is 16.9 Å². The second-order valence-corrected chi connectivity index (χ2v) is 8.28. The summed E-state index contributed by atoms with van der Waals surface area (Å²) in [4.78, 5) is 17.2. The van der Waals surface area contributed by atoms with Crippen LogP contribution in [0.3, 0.4) is 0 Å². The van der Waals surface area contributed by atoms with Crippen molar-refractivity contribution in [2.24, 2.45) is 0 Å². The van der Waals surface area contributed by atoms with Gasteiger partial charge >= 0.3 is 6.03 Å². The van der Waals surface area contributed by atoms with E-state index in [-0.39, 0.29) is 17.6 Å². The number of hydrogen-bond donors (Lipinski definition) is 1. The van der Waals surface area contributed by atoms with E-state index in [1.54, 1.807) is 0 Å². The Kier molecular flexibility index (Phi) is 4.86. The summed E-state index contributed by atoms with van der Waals surface area (Å²) in [5.74, 6) is 0. The standard InChI is InChI=1S/C23H32N4O/c1-5-18(4)24-22(28)25-14-11-23(12-15-25)21-8-7-13-26(21)19-10-9-17(3)16-20(19)27(23)6-2/h7-10,13,16,18H,5-6,11-12,14-15H2,1-4H3,(H,24,28). The van der Waals surface area contributed by atoms with Crippen molar-refractivity contribution in [3.05, 3.63) is 47.8 Å². The van der Waals surface area contributed by atoms with Crippen LogP contribution in [0.25, 0.3) is 5.69 Å². The van der Waals surface area contributed by atoms with Gasteiger partial charge in [0.2, 0.25) is 0 Å². The van der Waals surface area contributed by atoms with Gasteiger partial charge in [0.15, 0.2) is 0 Å². The van der Waals surface area contributed by atoms with Gasteiger partial charge in [-0.25, -0.2) is 4.79 Å². The number of hydrogen-bond acceptors (Lipinski definition) is 2. The van der Waals surface area contributed by atoms with Crippen LogP contribution in [-0.4, -0.2) is 41.2 Å². The number of amides is 2. The normalized spacial score (nSPS) is 18.6. The van der Waals surface area contributed by atoms with Crippen LogP contribution in [0.5, 0.6) is 0 Å². The molecule has 1 saturated heterocycles. The van der Waals surface area contributed by atoms with E-state index in [1.807, 2.05) is 4.90 Å². The number of likely N-dealkylation sites (tertiary alicyclic amines) is 1. The van der Waals surface area contributed by atoms with Crippen molar-refractivity contribution in [1.29, 1.82) is 0 Å². The van der Waals surface area contributed by atoms with Crippen molar-refractivity contribution in [1.82, 2.24) is 14.8 Å². The Morgan fingerprint density at radius 1 is 1.18 bits per heavy atom. The number of anilines is 1. The minimum atomic E-state index is -0.0494. The molecule has 4 rings (SSSR count). The maximum Gasteiger partial charge on any atom is 0.317 e. The predicted molar refractivity (Wildman–Crippen MR) is 114 cm³/mol. The predicted octanol–water partition coefficient (Wildman–Crippen LogP) is 4.42. The number of nitrogens with zero attached hydrogens (tertiary/aromatic N) is 3. The number of nitrogens with one attached hydrogen (secondary N) is 1. The van der Waals surface area contributed by atoms with Crippen LogP contribution >= 0.6 is 0 Å². The molecular weight excluding hydrogens is 348 g/mol. The molecule has 150 valence electrons. The van der Waals surface area contributed by atoms with E-state index in [9.17, 15) is 4.79 Å². The molecule has 1 fully saturated rings. The van der Waals surface area contributed by atoms with E-state index in [2.05, 4.69) is 79.0 Å². The van der Waals surface area contributed by atoms with Gasteiger partial charge in [0.1, 0.15) is 0 Å². The topological polar surface area (TPSA) is 40.5 Å². The molecule has 0 radical (unpaired) electrons. The number of fused-ring (bicyclic) bond motifs is 4. The Bertz CT molecular complexity index is 863. The van der Waals surface area contributed by atoms with E-state index >= 15 is 0 Å². The average molecular weight is 381 g/mol. The molecular formula is C23H32N4O. The summed E-state index contributed by atoms with van der Waals surface area (Å²) in [5.41, 5.74) is 5.16. The number of piperidine rings is 1. The lowest BCUT2D eigenvalue weighted by Crippen LogP contribution is -2.58. The third kappa shape index (κ3) is 2.88. The van der Waals surface area contributed by atoms with Gasteiger partial charge in [-0.1, -0.05) is 13.0 Å². The van der Waals surface area contributed by atoms with Crippen molar-refractivity contribution in [3.8, 4) is 5.69 Å². The average Bonchev–Trinajstić information content (AvgIpc) is 3.19. The van der Waals surface area contributed by atoms with Crippen LogP contribution in [0, 0.1) is 6.92 Å². The van der Waals surface area contributed by atoms with Crippen LogP contribution in [0.2, 0.25) is 0 Å². The van der Waals surface area contributed by atoms with Crippen LogP contribution in [0.4, 0.5) is 10.5 Å². The highest BCUT2D eigenvalue weighted by Gasteiger charge is 2.46. The number of carbonyl (C=O) groups is 1. The van der Waals surface area contributed by atoms with Crippen LogP contribution in [0.15, 0.2) is 36.5 Å². The highest BCUT2D eigenvalue weighted by molar-refractivity contribution is 5.75. The van der Waals surface area contributed by atoms with E-state index in [0.29, 0.717) is 0 Å². The number of aromatic nitrogens is 1. The van der Waals surface area contributed by atoms with Gasteiger partial charge in [-0.3, -0.25) is 0 Å². The quantitative estimate of drug-likeness (QED) is 0.856. The molecule has 1 aromatic heterocycles. The highest BCUT2D eigenvalue weighted by Crippen LogP contribution is 2.48. The van der Waals surface area contributed by atoms with Crippen LogP contribution in [-0.2, 0) is 5.54 Å². The third-order valence-corrected chi connectivity index (χ3v) is 6.60. The monoisotopic (exact) mass is 380 g/mol. The first-order valence-corrected chi connectivity index (χ1v) is 10.6. The Balaban J connectivity index is 1.66. The molecule has 1 spiro atoms. The maximum atomic E-state index is 12.6. The summed E-state index contributed by atoms with van der Waals surface area (Å²) in [6, 6.07) is 11.5. The van der Waals surface area contributed by atoms with Gasteiger partial charge in [-0.2, -0.15) is 0 Å². The maximum absolute atomic E-state index is 12.6. The summed E-state index contributed by atoms with van der Waals surface area (Å²) in [7, 11) is 0. The third-order valence-electron chi connectivity index (χ3n) is 6.60. The molecule has 1 unspecified atom stereocenters. The van der Waals surface area contributed by atoms with Gasteiger partial charge in [-0.15, -0.1) is 0 Å². The summed E-state index contributed by atoms with van der Waals surface area (Å²) < 4.78 is 2.36. The fourth-order valence-corrected chi connectivity index (χ4v) is 4.88. The summed E-state index contributed by atoms with van der Waals surface area (Å²) in [6.45, 7) is 11.1. The molecule has 2 amide bonds. The number of benzene rings is 1. The number of carbonyl (C=O) groups excluding carboxylic acids is 1. The van der Waals surface area contributed by atoms with E-state index in [4.69, 9.17) is 0 Å². The van der Waals surface area contributed by atoms with Crippen molar-refractivity contribution in [3.63, 3.8) is 0 Å². The van der Waals surface area contributed by atoms with Crippen molar-refractivity contribution in [2.75, 3.05) is 24.5 Å². The molecule has 2 aliphatic heterocycles. The first-order valence-electron chi connectivity index (χ1n) is 10.6. The molecule has 2 aromatic rings. The van der Waals surface area contributed by atoms with Gasteiger partial charge in [0, 0.05) is 37.6 Å². The zero-order valence-corrected chi connectivity index (χ0v) is 17.5. The van der Waals surface area contributed by atoms with Crippen LogP contribution in [0.1, 0.15) is 51.3 Å². The molecule has 1 atom stereocenters. The first kappa shape index (κ1) is 18.9. The largest absolute Gasteiger partial charge is 0.359 e. The molecule has 2 aliphatic rings. The minimum absolute atomic E-state index is 0.0494. The lowest BCUT2D eigenvalue weighted by molar-refractivity contribution is 0.149. The Morgan fingerprint density at radius 2 is 1.93 bits per heavy atom. The summed E-state index contributed by atoms with van der Waals surface area (Å²) >= 11 is 0. The molecule has 3 heterocycles. The zero-order chi connectivity index (χ0) is 19.9. The van der Waals surface area contributed by atoms with Crippen LogP contribution < -0.4 is 10.2 Å². The molecule has 28 heavy (non-hydrogen) atoms. The van der Waals surface area contributed by atoms with Crippen molar-refractivity contribution < 1.29 is 4.79 Å². The number of aryl methyl sites for hydroxylation is 1. The Labute approximate surface area is 168 Å². The highest BCUT2D eigenvalue weighted by atomic mass is 16.2. The second kappa shape index (κ2) is 7.19. The van der Waals surface area contributed by atoms with E-state index < -0.39 is 0 Å². The van der Waals surface area contributed by atoms with E-state index in [1.165, 1.54) is 22.6 Å². The smallest absolute Gasteiger partial charge is 0.317 e. The lowest BCUT2D eigenvalue weighted by atomic mass is 9.80. The number of urea groups is 1. The molecule has 5 nitrogen and oxygen atoms in total. The summed E-state index contributed by atoms with van der Waals surface area (Å²) in [5, 5.41) is 3.12. The minimum Gasteiger partial charge on any atom is -0.359 e. The molecule has 1 N–H and O–H groups in total. The van der Waals surface area contributed by atoms with E-state index in [0.717, 1.165) is 38.9 Å². The first-order chi connectivity index (χ1) is 13.5. The Morgan fingerprint density at radius 3 is 2.61 bits per heavy atom. The Hall–Kier alpha value is -2.43. The lowest BCUT2D eigenvalue weighted by Gasteiger charge is -2.53. The molecule has 5 heteroatoms. The fraction of sp³-hybridized carbons (Fsp3) is 0.522. The second-order valence-electron chi connectivity index (χ2n) is 8.28. The number of rotatable bonds is 3. The SMILES string of the molecule is CCC(C)NC(=O)N1CCC2(CC1)c1cccn1-c1ccc(C)cc1N2CC. The van der Waals surface area contributed by atoms with Gasteiger partial charge in [-0.05, 0) is 69.9 Å². The van der Waals surface area contributed by atoms with Crippen molar-refractivity contribution in [2.45, 2.75) is 58.5 Å².